The van der Waals surface area contributed by atoms with Crippen molar-refractivity contribution in [2.45, 2.75) is 13.0 Å². The highest BCUT2D eigenvalue weighted by Gasteiger charge is 2.20. The van der Waals surface area contributed by atoms with Crippen LogP contribution in [0.3, 0.4) is 0 Å². The number of nitrogens with one attached hydrogen (secondary N) is 2. The highest BCUT2D eigenvalue weighted by Crippen LogP contribution is 2.35. The van der Waals surface area contributed by atoms with Crippen molar-refractivity contribution in [1.82, 2.24) is 14.1 Å². The molecule has 1 aromatic carbocycles. The van der Waals surface area contributed by atoms with Crippen molar-refractivity contribution in [1.29, 1.82) is 0 Å². The fourth-order valence-corrected chi connectivity index (χ4v) is 2.87. The first kappa shape index (κ1) is 15.7. The van der Waals surface area contributed by atoms with Crippen molar-refractivity contribution in [2.75, 3.05) is 11.9 Å². The summed E-state index contributed by atoms with van der Waals surface area (Å²) in [5.74, 6) is -1.60. The minimum atomic E-state index is -1.16. The lowest BCUT2D eigenvalue weighted by atomic mass is 10.2. The maximum Gasteiger partial charge on any atom is 0.328 e. The van der Waals surface area contributed by atoms with Crippen molar-refractivity contribution in [2.24, 2.45) is 0 Å². The maximum absolute atomic E-state index is 11.1. The molecule has 1 atom stereocenters. The lowest BCUT2D eigenvalue weighted by Gasteiger charge is -2.16. The Morgan fingerprint density at radius 2 is 2.00 bits per heavy atom. The number of benzene rings is 1. The van der Waals surface area contributed by atoms with Crippen molar-refractivity contribution in [3.63, 3.8) is 0 Å². The van der Waals surface area contributed by atoms with Crippen LogP contribution in [0, 0.1) is 0 Å². The quantitative estimate of drug-likeness (QED) is 0.763. The van der Waals surface area contributed by atoms with Gasteiger partial charge in [-0.15, -0.1) is 0 Å². The molecule has 1 aromatic heterocycles. The van der Waals surface area contributed by atoms with E-state index < -0.39 is 17.9 Å². The lowest BCUT2D eigenvalue weighted by Crippen LogP contribution is -2.44. The third-order valence-electron chi connectivity index (χ3n) is 2.60. The number of fused-ring (bicyclic) bond motifs is 1. The number of aliphatic carboxylic acids is 1. The number of nitrogens with zero attached hydrogens (tertiary/aromatic N) is 2. The molecule has 2 rings (SSSR count). The number of amides is 1. The van der Waals surface area contributed by atoms with Gasteiger partial charge in [-0.05, 0) is 6.07 Å². The first-order valence-electron chi connectivity index (χ1n) is 5.74. The number of hydrogen-bond acceptors (Lipinski definition) is 6. The van der Waals surface area contributed by atoms with Gasteiger partial charge < -0.3 is 15.7 Å². The van der Waals surface area contributed by atoms with Crippen LogP contribution in [0.4, 0.5) is 5.69 Å². The molecule has 0 saturated carbocycles. The van der Waals surface area contributed by atoms with Gasteiger partial charge in [0.25, 0.3) is 0 Å². The van der Waals surface area contributed by atoms with Gasteiger partial charge in [0.15, 0.2) is 0 Å². The number of carboxylic acids is 1. The Hall–Kier alpha value is -1.64. The summed E-state index contributed by atoms with van der Waals surface area (Å²) < 4.78 is 8.13. The number of rotatable bonds is 5. The molecule has 3 N–H and O–H groups in total. The Kier molecular flexibility index (Phi) is 4.81. The highest BCUT2D eigenvalue weighted by molar-refractivity contribution is 7.00. The molecular formula is C11H10Cl2N4O3S. The van der Waals surface area contributed by atoms with E-state index in [1.807, 2.05) is 0 Å². The summed E-state index contributed by atoms with van der Waals surface area (Å²) >= 11 is 13.1. The SMILES string of the molecule is CC(=O)NC(CNc1c(Cl)cc(Cl)c2nsnc12)C(=O)O. The van der Waals surface area contributed by atoms with Gasteiger partial charge in [-0.25, -0.2) is 4.79 Å². The molecule has 0 radical (unpaired) electrons. The average molecular weight is 349 g/mol. The monoisotopic (exact) mass is 348 g/mol. The largest absolute Gasteiger partial charge is 0.480 e. The minimum Gasteiger partial charge on any atom is -0.480 e. The Balaban J connectivity index is 2.25. The Morgan fingerprint density at radius 3 is 2.62 bits per heavy atom. The molecule has 0 aliphatic heterocycles. The van der Waals surface area contributed by atoms with E-state index in [4.69, 9.17) is 28.3 Å². The normalized spacial score (nSPS) is 12.1. The van der Waals surface area contributed by atoms with Gasteiger partial charge in [0.05, 0.1) is 27.5 Å². The molecule has 1 amide bonds. The number of anilines is 1. The van der Waals surface area contributed by atoms with E-state index in [2.05, 4.69) is 19.4 Å². The number of carboxylic acid groups (broad SMARTS) is 1. The summed E-state index contributed by atoms with van der Waals surface area (Å²) in [6.07, 6.45) is 0. The third kappa shape index (κ3) is 3.52. The standard InChI is InChI=1S/C11H10Cl2N4O3S/c1-4(18)15-7(11(19)20)3-14-8-5(12)2-6(13)9-10(8)17-21-16-9/h2,7,14H,3H2,1H3,(H,15,18)(H,19,20). The summed E-state index contributed by atoms with van der Waals surface area (Å²) in [6.45, 7) is 1.19. The molecule has 2 aromatic rings. The van der Waals surface area contributed by atoms with E-state index in [0.717, 1.165) is 11.7 Å². The van der Waals surface area contributed by atoms with Gasteiger partial charge in [-0.3, -0.25) is 4.79 Å². The van der Waals surface area contributed by atoms with E-state index in [1.165, 1.54) is 13.0 Å². The molecule has 10 heteroatoms. The van der Waals surface area contributed by atoms with E-state index in [1.54, 1.807) is 0 Å². The lowest BCUT2D eigenvalue weighted by molar-refractivity contribution is -0.141. The minimum absolute atomic E-state index is 0.0527. The molecule has 21 heavy (non-hydrogen) atoms. The molecule has 0 aliphatic carbocycles. The second kappa shape index (κ2) is 6.42. The van der Waals surface area contributed by atoms with E-state index in [0.29, 0.717) is 26.8 Å². The summed E-state index contributed by atoms with van der Waals surface area (Å²) in [6, 6.07) is 0.416. The van der Waals surface area contributed by atoms with Crippen LogP contribution >= 0.6 is 34.9 Å². The van der Waals surface area contributed by atoms with Crippen LogP contribution in [-0.2, 0) is 9.59 Å². The van der Waals surface area contributed by atoms with Crippen LogP contribution in [-0.4, -0.2) is 38.3 Å². The zero-order valence-corrected chi connectivity index (χ0v) is 13.0. The zero-order chi connectivity index (χ0) is 15.6. The summed E-state index contributed by atoms with van der Waals surface area (Å²) in [7, 11) is 0. The van der Waals surface area contributed by atoms with E-state index in [-0.39, 0.29) is 6.54 Å². The average Bonchev–Trinajstić information content (AvgIpc) is 2.85. The van der Waals surface area contributed by atoms with Crippen LogP contribution in [0.1, 0.15) is 6.92 Å². The topological polar surface area (TPSA) is 104 Å². The Labute approximate surface area is 133 Å². The van der Waals surface area contributed by atoms with Crippen molar-refractivity contribution >= 4 is 63.5 Å². The number of carbonyl (C=O) groups is 2. The van der Waals surface area contributed by atoms with Gasteiger partial charge >= 0.3 is 5.97 Å². The Morgan fingerprint density at radius 1 is 1.33 bits per heavy atom. The van der Waals surface area contributed by atoms with Gasteiger partial charge in [0, 0.05) is 13.5 Å². The van der Waals surface area contributed by atoms with Gasteiger partial charge in [0.1, 0.15) is 17.1 Å². The van der Waals surface area contributed by atoms with Gasteiger partial charge in [-0.2, -0.15) is 8.75 Å². The third-order valence-corrected chi connectivity index (χ3v) is 3.72. The van der Waals surface area contributed by atoms with E-state index in [9.17, 15) is 9.59 Å². The predicted octanol–water partition coefficient (Wildman–Crippen LogP) is 2.00. The number of aromatic nitrogens is 2. The van der Waals surface area contributed by atoms with Crippen molar-refractivity contribution in [3.8, 4) is 0 Å². The molecular weight excluding hydrogens is 339 g/mol. The molecule has 0 aliphatic rings. The van der Waals surface area contributed by atoms with E-state index >= 15 is 0 Å². The summed E-state index contributed by atoms with van der Waals surface area (Å²) in [5, 5.41) is 14.9. The first-order valence-corrected chi connectivity index (χ1v) is 7.22. The van der Waals surface area contributed by atoms with Crippen molar-refractivity contribution < 1.29 is 14.7 Å². The number of hydrogen-bond donors (Lipinski definition) is 3. The highest BCUT2D eigenvalue weighted by atomic mass is 35.5. The fourth-order valence-electron chi connectivity index (χ4n) is 1.69. The van der Waals surface area contributed by atoms with Crippen molar-refractivity contribution in [3.05, 3.63) is 16.1 Å². The molecule has 112 valence electrons. The second-order valence-corrected chi connectivity index (χ2v) is 5.49. The maximum atomic E-state index is 11.1. The van der Waals surface area contributed by atoms with Gasteiger partial charge in [-0.1, -0.05) is 23.2 Å². The second-order valence-electron chi connectivity index (χ2n) is 4.15. The molecule has 0 saturated heterocycles. The molecule has 7 nitrogen and oxygen atoms in total. The number of carbonyl (C=O) groups excluding carboxylic acids is 1. The molecule has 1 heterocycles. The number of halogens is 2. The molecule has 1 unspecified atom stereocenters. The summed E-state index contributed by atoms with van der Waals surface area (Å²) in [5.41, 5.74) is 1.38. The smallest absolute Gasteiger partial charge is 0.328 e. The van der Waals surface area contributed by atoms with Crippen LogP contribution < -0.4 is 10.6 Å². The zero-order valence-electron chi connectivity index (χ0n) is 10.7. The van der Waals surface area contributed by atoms with Crippen LogP contribution in [0.5, 0.6) is 0 Å². The molecule has 0 fully saturated rings. The summed E-state index contributed by atoms with van der Waals surface area (Å²) in [4.78, 5) is 22.1. The van der Waals surface area contributed by atoms with Crippen LogP contribution in [0.2, 0.25) is 10.0 Å². The first-order chi connectivity index (χ1) is 9.90. The molecule has 0 spiro atoms. The predicted molar refractivity (Wildman–Crippen MR) is 81.2 cm³/mol. The van der Waals surface area contributed by atoms with Crippen LogP contribution in [0.15, 0.2) is 6.07 Å². The fraction of sp³-hybridized carbons (Fsp3) is 0.273. The van der Waals surface area contributed by atoms with Gasteiger partial charge in [0.2, 0.25) is 5.91 Å². The Bertz CT molecular complexity index is 706. The van der Waals surface area contributed by atoms with Crippen LogP contribution in [0.25, 0.3) is 11.0 Å². The molecule has 0 bridgehead atoms.